The first-order valence-electron chi connectivity index (χ1n) is 12.3. The summed E-state index contributed by atoms with van der Waals surface area (Å²) in [6, 6.07) is 12.4. The predicted molar refractivity (Wildman–Crippen MR) is 145 cm³/mol. The first-order valence-corrected chi connectivity index (χ1v) is 13.8. The van der Waals surface area contributed by atoms with Gasteiger partial charge in [0.15, 0.2) is 0 Å². The number of carboxylic acids is 1. The Labute approximate surface area is 222 Å². The van der Waals surface area contributed by atoms with Crippen molar-refractivity contribution >= 4 is 27.4 Å². The number of ether oxygens (including phenoxy) is 1. The van der Waals surface area contributed by atoms with Gasteiger partial charge in [-0.25, -0.2) is 19.2 Å². The quantitative estimate of drug-likeness (QED) is 0.223. The zero-order chi connectivity index (χ0) is 27.6. The molecule has 2 aromatic carbocycles. The molecule has 1 aliphatic rings. The highest BCUT2D eigenvalue weighted by atomic mass is 32.2. The molecule has 1 aromatic heterocycles. The second kappa shape index (κ2) is 11.0. The molecule has 0 saturated heterocycles. The van der Waals surface area contributed by atoms with E-state index in [1.165, 1.54) is 16.6 Å². The molecule has 3 aromatic rings. The van der Waals surface area contributed by atoms with Crippen LogP contribution in [0.25, 0.3) is 0 Å². The van der Waals surface area contributed by atoms with Crippen molar-refractivity contribution in [3.63, 3.8) is 0 Å². The molecule has 202 valence electrons. The molecule has 1 atom stereocenters. The van der Waals surface area contributed by atoms with Crippen LogP contribution in [-0.4, -0.2) is 48.5 Å². The summed E-state index contributed by atoms with van der Waals surface area (Å²) in [6.07, 6.45) is 1.34. The number of hydrogen-bond acceptors (Lipinski definition) is 8. The van der Waals surface area contributed by atoms with Gasteiger partial charge in [0.25, 0.3) is 0 Å². The van der Waals surface area contributed by atoms with E-state index in [2.05, 4.69) is 4.98 Å². The first-order chi connectivity index (χ1) is 18.0. The molecule has 1 aliphatic heterocycles. The number of aromatic nitrogens is 1. The molecular weight excluding hydrogens is 506 g/mol. The number of nitrogens with two attached hydrogens (primary N) is 2. The number of carbonyl (C=O) groups is 1. The standard InChI is InChI=1S/C27H33N5O5S/c1-4-32(29)23-10-9-21(18(3)26(23)28)22(15-25(33)34)19-8-7-17(2)20(14-19)16-31-12-13-37-27-24(38(31,35)36)6-5-11-30-27/h5-11,14,22H,4,12-13,15-16,28-29H2,1-3H3,(H,33,34). The van der Waals surface area contributed by atoms with Gasteiger partial charge in [0, 0.05) is 31.7 Å². The Bertz CT molecular complexity index is 1460. The summed E-state index contributed by atoms with van der Waals surface area (Å²) in [7, 11) is -3.85. The van der Waals surface area contributed by atoms with Gasteiger partial charge in [-0.05, 0) is 66.8 Å². The minimum Gasteiger partial charge on any atom is -0.481 e. The van der Waals surface area contributed by atoms with E-state index in [9.17, 15) is 18.3 Å². The van der Waals surface area contributed by atoms with Crippen LogP contribution < -0.4 is 21.3 Å². The van der Waals surface area contributed by atoms with E-state index in [0.717, 1.165) is 27.8 Å². The Morgan fingerprint density at radius 2 is 2.00 bits per heavy atom. The number of anilines is 2. The zero-order valence-electron chi connectivity index (χ0n) is 21.7. The summed E-state index contributed by atoms with van der Waals surface area (Å²) in [5.74, 6) is 4.71. The lowest BCUT2D eigenvalue weighted by molar-refractivity contribution is -0.137. The Morgan fingerprint density at radius 3 is 2.71 bits per heavy atom. The van der Waals surface area contributed by atoms with Crippen molar-refractivity contribution in [2.75, 3.05) is 30.4 Å². The van der Waals surface area contributed by atoms with Crippen molar-refractivity contribution in [3.05, 3.63) is 76.5 Å². The van der Waals surface area contributed by atoms with Crippen LogP contribution in [0, 0.1) is 13.8 Å². The van der Waals surface area contributed by atoms with E-state index in [0.29, 0.717) is 17.9 Å². The maximum Gasteiger partial charge on any atom is 0.304 e. The van der Waals surface area contributed by atoms with Gasteiger partial charge in [0.2, 0.25) is 15.9 Å². The second-order valence-electron chi connectivity index (χ2n) is 9.33. The van der Waals surface area contributed by atoms with Gasteiger partial charge in [-0.3, -0.25) is 4.79 Å². The van der Waals surface area contributed by atoms with Crippen molar-refractivity contribution < 1.29 is 23.1 Å². The van der Waals surface area contributed by atoms with Crippen LogP contribution in [0.5, 0.6) is 5.88 Å². The van der Waals surface area contributed by atoms with Crippen molar-refractivity contribution in [1.29, 1.82) is 0 Å². The molecule has 5 N–H and O–H groups in total. The molecule has 0 aliphatic carbocycles. The molecule has 0 bridgehead atoms. The molecule has 4 rings (SSSR count). The van der Waals surface area contributed by atoms with Crippen LogP contribution in [0.4, 0.5) is 11.4 Å². The predicted octanol–water partition coefficient (Wildman–Crippen LogP) is 3.17. The van der Waals surface area contributed by atoms with Crippen LogP contribution in [0.2, 0.25) is 0 Å². The average molecular weight is 540 g/mol. The first kappa shape index (κ1) is 27.4. The van der Waals surface area contributed by atoms with E-state index in [1.54, 1.807) is 17.1 Å². The van der Waals surface area contributed by atoms with Crippen LogP contribution in [0.3, 0.4) is 0 Å². The molecule has 0 amide bonds. The number of benzene rings is 2. The fourth-order valence-corrected chi connectivity index (χ4v) is 6.21. The zero-order valence-corrected chi connectivity index (χ0v) is 22.5. The maximum atomic E-state index is 13.4. The highest BCUT2D eigenvalue weighted by Gasteiger charge is 2.32. The van der Waals surface area contributed by atoms with E-state index in [4.69, 9.17) is 16.3 Å². The number of fused-ring (bicyclic) bond motifs is 1. The number of aryl methyl sites for hydroxylation is 1. The van der Waals surface area contributed by atoms with Gasteiger partial charge < -0.3 is 20.6 Å². The second-order valence-corrected chi connectivity index (χ2v) is 11.2. The molecule has 0 saturated carbocycles. The topological polar surface area (TPSA) is 152 Å². The summed E-state index contributed by atoms with van der Waals surface area (Å²) in [5.41, 5.74) is 11.5. The van der Waals surface area contributed by atoms with E-state index >= 15 is 0 Å². The minimum absolute atomic E-state index is 0.0299. The number of carboxylic acid groups (broad SMARTS) is 1. The third kappa shape index (κ3) is 5.31. The lowest BCUT2D eigenvalue weighted by Gasteiger charge is -2.25. The fraction of sp³-hybridized carbons (Fsp3) is 0.333. The van der Waals surface area contributed by atoms with Crippen molar-refractivity contribution in [2.45, 2.75) is 44.6 Å². The van der Waals surface area contributed by atoms with E-state index in [-0.39, 0.29) is 36.9 Å². The van der Waals surface area contributed by atoms with Crippen molar-refractivity contribution in [2.24, 2.45) is 5.84 Å². The number of hydrazine groups is 1. The maximum absolute atomic E-state index is 13.4. The highest BCUT2D eigenvalue weighted by Crippen LogP contribution is 2.37. The molecule has 11 heteroatoms. The number of pyridine rings is 1. The summed E-state index contributed by atoms with van der Waals surface area (Å²) >= 11 is 0. The van der Waals surface area contributed by atoms with Gasteiger partial charge in [-0.2, -0.15) is 4.31 Å². The van der Waals surface area contributed by atoms with Gasteiger partial charge in [-0.15, -0.1) is 0 Å². The largest absolute Gasteiger partial charge is 0.481 e. The Morgan fingerprint density at radius 1 is 1.24 bits per heavy atom. The highest BCUT2D eigenvalue weighted by molar-refractivity contribution is 7.89. The lowest BCUT2D eigenvalue weighted by Crippen LogP contribution is -2.32. The minimum atomic E-state index is -3.85. The molecule has 38 heavy (non-hydrogen) atoms. The molecule has 1 unspecified atom stereocenters. The number of nitrogens with zero attached hydrogens (tertiary/aromatic N) is 3. The number of aliphatic carboxylic acids is 1. The van der Waals surface area contributed by atoms with Gasteiger partial charge in [-0.1, -0.05) is 24.3 Å². The van der Waals surface area contributed by atoms with Gasteiger partial charge in [0.1, 0.15) is 11.5 Å². The summed E-state index contributed by atoms with van der Waals surface area (Å²) in [4.78, 5) is 16.0. The van der Waals surface area contributed by atoms with Crippen molar-refractivity contribution in [1.82, 2.24) is 9.29 Å². The van der Waals surface area contributed by atoms with E-state index < -0.39 is 21.9 Å². The molecule has 10 nitrogen and oxygen atoms in total. The SMILES string of the molecule is CCN(N)c1ccc(C(CC(=O)O)c2ccc(C)c(CN3CCOc4ncccc4S3(=O)=O)c2)c(C)c1N. The lowest BCUT2D eigenvalue weighted by atomic mass is 9.84. The number of sulfonamides is 1. The molecule has 0 radical (unpaired) electrons. The average Bonchev–Trinajstić information content (AvgIpc) is 3.01. The fourth-order valence-electron chi connectivity index (χ4n) is 4.73. The monoisotopic (exact) mass is 539 g/mol. The Kier molecular flexibility index (Phi) is 7.91. The molecule has 0 spiro atoms. The number of hydrogen-bond donors (Lipinski definition) is 3. The Balaban J connectivity index is 1.73. The third-order valence-electron chi connectivity index (χ3n) is 6.99. The van der Waals surface area contributed by atoms with Crippen LogP contribution >= 0.6 is 0 Å². The smallest absolute Gasteiger partial charge is 0.304 e. The number of rotatable bonds is 8. The van der Waals surface area contributed by atoms with Crippen LogP contribution in [0.1, 0.15) is 47.1 Å². The van der Waals surface area contributed by atoms with E-state index in [1.807, 2.05) is 45.0 Å². The third-order valence-corrected chi connectivity index (χ3v) is 8.85. The number of nitrogen functional groups attached to an aromatic ring is 1. The van der Waals surface area contributed by atoms with Crippen molar-refractivity contribution in [3.8, 4) is 5.88 Å². The molecular formula is C27H33N5O5S. The molecule has 2 heterocycles. The van der Waals surface area contributed by atoms with Gasteiger partial charge >= 0.3 is 5.97 Å². The van der Waals surface area contributed by atoms with Crippen LogP contribution in [-0.2, 0) is 21.4 Å². The summed E-state index contributed by atoms with van der Waals surface area (Å²) in [6.45, 7) is 6.67. The molecule has 0 fully saturated rings. The normalized spacial score (nSPS) is 15.7. The Hall–Kier alpha value is -3.67. The summed E-state index contributed by atoms with van der Waals surface area (Å²) < 4.78 is 33.8. The summed E-state index contributed by atoms with van der Waals surface area (Å²) in [5, 5.41) is 11.3. The van der Waals surface area contributed by atoms with Gasteiger partial charge in [0.05, 0.1) is 17.8 Å². The van der Waals surface area contributed by atoms with Crippen LogP contribution in [0.15, 0.2) is 53.6 Å².